The van der Waals surface area contributed by atoms with Gasteiger partial charge < -0.3 is 10.2 Å². The Bertz CT molecular complexity index is 1340. The van der Waals surface area contributed by atoms with Gasteiger partial charge in [-0.1, -0.05) is 92.7 Å². The molecule has 0 heterocycles. The van der Waals surface area contributed by atoms with Gasteiger partial charge in [-0.3, -0.25) is 13.9 Å². The van der Waals surface area contributed by atoms with Gasteiger partial charge in [0.15, 0.2) is 0 Å². The molecular formula is C31H39N3O4S. The van der Waals surface area contributed by atoms with Gasteiger partial charge in [-0.2, -0.15) is 0 Å². The van der Waals surface area contributed by atoms with Gasteiger partial charge in [-0.25, -0.2) is 8.42 Å². The lowest BCUT2D eigenvalue weighted by atomic mass is 10.0. The number of aryl methyl sites for hydroxylation is 2. The zero-order chi connectivity index (χ0) is 28.6. The van der Waals surface area contributed by atoms with Crippen molar-refractivity contribution in [3.63, 3.8) is 0 Å². The highest BCUT2D eigenvalue weighted by molar-refractivity contribution is 7.92. The lowest BCUT2D eigenvalue weighted by Gasteiger charge is -2.34. The molecule has 0 saturated heterocycles. The third kappa shape index (κ3) is 8.42. The van der Waals surface area contributed by atoms with Crippen molar-refractivity contribution in [2.45, 2.75) is 46.7 Å². The second-order valence-electron chi connectivity index (χ2n) is 10.4. The van der Waals surface area contributed by atoms with Crippen molar-refractivity contribution in [1.82, 2.24) is 10.2 Å². The minimum Gasteiger partial charge on any atom is -0.354 e. The Balaban J connectivity index is 2.06. The fraction of sp³-hybridized carbons (Fsp3) is 0.355. The first-order valence-electron chi connectivity index (χ1n) is 13.2. The number of carbonyl (C=O) groups is 2. The number of carbonyl (C=O) groups excluding carboxylic acids is 2. The maximum absolute atomic E-state index is 14.1. The van der Waals surface area contributed by atoms with E-state index in [1.807, 2.05) is 107 Å². The molecule has 0 saturated carbocycles. The predicted octanol–water partition coefficient (Wildman–Crippen LogP) is 4.48. The standard InChI is InChI=1S/C31H39N3O4S/c1-23(2)20-32-31(36)28(19-26-15-8-6-9-16-26)33(21-27-17-10-7-11-18-27)29(35)22-34(39(5,37)38)30-24(3)13-12-14-25(30)4/h6-18,23,28H,19-22H2,1-5H3,(H,32,36). The Hall–Kier alpha value is -3.65. The fourth-order valence-corrected chi connectivity index (χ4v) is 5.50. The zero-order valence-corrected chi connectivity index (χ0v) is 24.2. The van der Waals surface area contributed by atoms with Crippen molar-refractivity contribution in [1.29, 1.82) is 0 Å². The number of anilines is 1. The largest absolute Gasteiger partial charge is 0.354 e. The van der Waals surface area contributed by atoms with Crippen LogP contribution in [0.15, 0.2) is 78.9 Å². The fourth-order valence-electron chi connectivity index (χ4n) is 4.53. The Morgan fingerprint density at radius 1 is 0.821 bits per heavy atom. The smallest absolute Gasteiger partial charge is 0.244 e. The van der Waals surface area contributed by atoms with Crippen LogP contribution in [0.2, 0.25) is 0 Å². The summed E-state index contributed by atoms with van der Waals surface area (Å²) in [6.45, 7) is 7.88. The number of hydrogen-bond donors (Lipinski definition) is 1. The highest BCUT2D eigenvalue weighted by atomic mass is 32.2. The van der Waals surface area contributed by atoms with Gasteiger partial charge >= 0.3 is 0 Å². The quantitative estimate of drug-likeness (QED) is 0.361. The molecule has 3 rings (SSSR count). The summed E-state index contributed by atoms with van der Waals surface area (Å²) in [5, 5.41) is 2.99. The number of para-hydroxylation sites is 1. The molecule has 1 atom stereocenters. The van der Waals surface area contributed by atoms with E-state index >= 15 is 0 Å². The molecule has 7 nitrogen and oxygen atoms in total. The number of hydrogen-bond acceptors (Lipinski definition) is 4. The number of benzene rings is 3. The molecule has 208 valence electrons. The Morgan fingerprint density at radius 3 is 1.87 bits per heavy atom. The zero-order valence-electron chi connectivity index (χ0n) is 23.4. The number of nitrogens with zero attached hydrogens (tertiary/aromatic N) is 2. The van der Waals surface area contributed by atoms with Crippen LogP contribution in [0.25, 0.3) is 0 Å². The van der Waals surface area contributed by atoms with Crippen LogP contribution in [0.4, 0.5) is 5.69 Å². The summed E-state index contributed by atoms with van der Waals surface area (Å²) in [6, 6.07) is 23.6. The van der Waals surface area contributed by atoms with E-state index in [0.717, 1.165) is 32.8 Å². The van der Waals surface area contributed by atoms with Gasteiger partial charge in [-0.05, 0) is 42.0 Å². The van der Waals surface area contributed by atoms with Crippen LogP contribution in [-0.4, -0.2) is 50.5 Å². The number of sulfonamides is 1. The molecule has 3 aromatic rings. The molecule has 0 aliphatic rings. The van der Waals surface area contributed by atoms with Crippen LogP contribution < -0.4 is 9.62 Å². The second kappa shape index (κ2) is 13.4. The van der Waals surface area contributed by atoms with Crippen LogP contribution >= 0.6 is 0 Å². The van der Waals surface area contributed by atoms with Crippen LogP contribution in [0.3, 0.4) is 0 Å². The summed E-state index contributed by atoms with van der Waals surface area (Å²) in [7, 11) is -3.81. The van der Waals surface area contributed by atoms with Gasteiger partial charge in [0.25, 0.3) is 0 Å². The lowest BCUT2D eigenvalue weighted by molar-refractivity contribution is -0.140. The summed E-state index contributed by atoms with van der Waals surface area (Å²) >= 11 is 0. The van der Waals surface area contributed by atoms with E-state index in [0.29, 0.717) is 18.7 Å². The number of nitrogens with one attached hydrogen (secondary N) is 1. The molecule has 39 heavy (non-hydrogen) atoms. The summed E-state index contributed by atoms with van der Waals surface area (Å²) in [6.07, 6.45) is 1.40. The maximum Gasteiger partial charge on any atom is 0.244 e. The van der Waals surface area contributed by atoms with E-state index in [4.69, 9.17) is 0 Å². The molecule has 1 unspecified atom stereocenters. The minimum atomic E-state index is -3.81. The minimum absolute atomic E-state index is 0.163. The summed E-state index contributed by atoms with van der Waals surface area (Å²) in [5.74, 6) is -0.489. The molecule has 0 aromatic heterocycles. The topological polar surface area (TPSA) is 86.8 Å². The third-order valence-electron chi connectivity index (χ3n) is 6.52. The van der Waals surface area contributed by atoms with Crippen LogP contribution in [-0.2, 0) is 32.6 Å². The molecular weight excluding hydrogens is 510 g/mol. The Morgan fingerprint density at radius 2 is 1.36 bits per heavy atom. The van der Waals surface area contributed by atoms with Crippen molar-refractivity contribution in [3.05, 3.63) is 101 Å². The van der Waals surface area contributed by atoms with Crippen molar-refractivity contribution in [2.24, 2.45) is 5.92 Å². The normalized spacial score (nSPS) is 12.2. The van der Waals surface area contributed by atoms with E-state index in [1.165, 1.54) is 4.90 Å². The molecule has 0 bridgehead atoms. The first-order valence-corrected chi connectivity index (χ1v) is 15.0. The van der Waals surface area contributed by atoms with Gasteiger partial charge in [0.2, 0.25) is 21.8 Å². The van der Waals surface area contributed by atoms with E-state index in [-0.39, 0.29) is 18.4 Å². The maximum atomic E-state index is 14.1. The van der Waals surface area contributed by atoms with Crippen molar-refractivity contribution in [2.75, 3.05) is 23.7 Å². The van der Waals surface area contributed by atoms with Gasteiger partial charge in [0.05, 0.1) is 11.9 Å². The molecule has 8 heteroatoms. The SMILES string of the molecule is Cc1cccc(C)c1N(CC(=O)N(Cc1ccccc1)C(Cc1ccccc1)C(=O)NCC(C)C)S(C)(=O)=O. The highest BCUT2D eigenvalue weighted by Crippen LogP contribution is 2.27. The van der Waals surface area contributed by atoms with Gasteiger partial charge in [0, 0.05) is 19.5 Å². The summed E-state index contributed by atoms with van der Waals surface area (Å²) in [5.41, 5.74) is 3.73. The summed E-state index contributed by atoms with van der Waals surface area (Å²) < 4.78 is 27.2. The molecule has 0 spiro atoms. The first kappa shape index (κ1) is 29.9. The van der Waals surface area contributed by atoms with E-state index in [9.17, 15) is 18.0 Å². The van der Waals surface area contributed by atoms with Crippen LogP contribution in [0.1, 0.15) is 36.1 Å². The molecule has 1 N–H and O–H groups in total. The van der Waals surface area contributed by atoms with Crippen LogP contribution in [0, 0.1) is 19.8 Å². The van der Waals surface area contributed by atoms with E-state index < -0.39 is 28.5 Å². The Labute approximate surface area is 232 Å². The molecule has 0 aliphatic carbocycles. The molecule has 0 radical (unpaired) electrons. The number of rotatable bonds is 12. The van der Waals surface area contributed by atoms with E-state index in [1.54, 1.807) is 0 Å². The average molecular weight is 550 g/mol. The van der Waals surface area contributed by atoms with E-state index in [2.05, 4.69) is 5.32 Å². The summed E-state index contributed by atoms with van der Waals surface area (Å²) in [4.78, 5) is 29.2. The predicted molar refractivity (Wildman–Crippen MR) is 157 cm³/mol. The highest BCUT2D eigenvalue weighted by Gasteiger charge is 2.33. The van der Waals surface area contributed by atoms with Crippen molar-refractivity contribution in [3.8, 4) is 0 Å². The van der Waals surface area contributed by atoms with Crippen molar-refractivity contribution >= 4 is 27.5 Å². The average Bonchev–Trinajstić information content (AvgIpc) is 2.89. The lowest BCUT2D eigenvalue weighted by Crippen LogP contribution is -2.53. The van der Waals surface area contributed by atoms with Crippen molar-refractivity contribution < 1.29 is 18.0 Å². The molecule has 2 amide bonds. The monoisotopic (exact) mass is 549 g/mol. The first-order chi connectivity index (χ1) is 18.5. The molecule has 0 fully saturated rings. The number of amides is 2. The molecule has 0 aliphatic heterocycles. The van der Waals surface area contributed by atoms with Gasteiger partial charge in [-0.15, -0.1) is 0 Å². The second-order valence-corrected chi connectivity index (χ2v) is 12.3. The Kier molecular flexibility index (Phi) is 10.3. The van der Waals surface area contributed by atoms with Gasteiger partial charge in [0.1, 0.15) is 12.6 Å². The third-order valence-corrected chi connectivity index (χ3v) is 7.63. The van der Waals surface area contributed by atoms with Crippen LogP contribution in [0.5, 0.6) is 0 Å². The molecule has 3 aromatic carbocycles.